The van der Waals surface area contributed by atoms with Crippen molar-refractivity contribution in [2.45, 2.75) is 31.8 Å². The number of carbonyl (C=O) groups excluding carboxylic acids is 1. The van der Waals surface area contributed by atoms with Crippen LogP contribution in [0.25, 0.3) is 11.4 Å². The molecule has 1 saturated heterocycles. The highest BCUT2D eigenvalue weighted by Gasteiger charge is 2.44. The lowest BCUT2D eigenvalue weighted by Crippen LogP contribution is -2.35. The first-order chi connectivity index (χ1) is 15.0. The molecule has 11 heteroatoms. The molecule has 2 aliphatic rings. The SMILES string of the molecule is C[C@H](Nc1nc(Cl)cc(N2C(=O)OC[C@@H]2C2CC2)n1)c1nc(-c2ccc(Cl)cc2)no1. The third kappa shape index (κ3) is 4.15. The first-order valence-electron chi connectivity index (χ1n) is 9.84. The molecule has 3 aromatic rings. The molecule has 0 unspecified atom stereocenters. The summed E-state index contributed by atoms with van der Waals surface area (Å²) in [7, 11) is 0. The summed E-state index contributed by atoms with van der Waals surface area (Å²) in [6, 6.07) is 8.28. The van der Waals surface area contributed by atoms with Crippen LogP contribution in [-0.4, -0.2) is 38.9 Å². The van der Waals surface area contributed by atoms with Crippen molar-refractivity contribution in [3.8, 4) is 11.4 Å². The van der Waals surface area contributed by atoms with E-state index in [9.17, 15) is 4.79 Å². The van der Waals surface area contributed by atoms with Crippen LogP contribution in [0, 0.1) is 5.92 Å². The van der Waals surface area contributed by atoms with Crippen molar-refractivity contribution >= 4 is 41.1 Å². The lowest BCUT2D eigenvalue weighted by molar-refractivity contribution is 0.178. The van der Waals surface area contributed by atoms with E-state index in [-0.39, 0.29) is 17.1 Å². The van der Waals surface area contributed by atoms with Gasteiger partial charge < -0.3 is 14.6 Å². The number of benzene rings is 1. The minimum absolute atomic E-state index is 0.0263. The summed E-state index contributed by atoms with van der Waals surface area (Å²) < 4.78 is 10.6. The molecule has 160 valence electrons. The van der Waals surface area contributed by atoms with Crippen molar-refractivity contribution in [3.05, 3.63) is 46.4 Å². The maximum atomic E-state index is 12.3. The molecule has 31 heavy (non-hydrogen) atoms. The maximum Gasteiger partial charge on any atom is 0.415 e. The first kappa shape index (κ1) is 20.0. The molecule has 2 aromatic heterocycles. The third-order valence-corrected chi connectivity index (χ3v) is 5.71. The Balaban J connectivity index is 1.35. The fraction of sp³-hybridized carbons (Fsp3) is 0.350. The van der Waals surface area contributed by atoms with E-state index < -0.39 is 12.1 Å². The van der Waals surface area contributed by atoms with E-state index in [1.54, 1.807) is 23.1 Å². The Morgan fingerprint density at radius 3 is 2.68 bits per heavy atom. The number of amides is 1. The van der Waals surface area contributed by atoms with Gasteiger partial charge in [-0.1, -0.05) is 28.4 Å². The number of aromatic nitrogens is 4. The molecule has 1 aliphatic heterocycles. The van der Waals surface area contributed by atoms with E-state index in [0.717, 1.165) is 18.4 Å². The molecule has 5 rings (SSSR count). The number of nitrogens with one attached hydrogen (secondary N) is 1. The van der Waals surface area contributed by atoms with Crippen molar-refractivity contribution in [1.29, 1.82) is 0 Å². The summed E-state index contributed by atoms with van der Waals surface area (Å²) >= 11 is 12.1. The zero-order valence-electron chi connectivity index (χ0n) is 16.5. The lowest BCUT2D eigenvalue weighted by atomic mass is 10.2. The van der Waals surface area contributed by atoms with Gasteiger partial charge in [-0.15, -0.1) is 0 Å². The number of nitrogens with zero attached hydrogens (tertiary/aromatic N) is 5. The van der Waals surface area contributed by atoms with Gasteiger partial charge in [-0.25, -0.2) is 9.78 Å². The van der Waals surface area contributed by atoms with Crippen molar-refractivity contribution in [3.63, 3.8) is 0 Å². The second-order valence-electron chi connectivity index (χ2n) is 7.55. The number of ether oxygens (including phenoxy) is 1. The number of cyclic esters (lactones) is 1. The van der Waals surface area contributed by atoms with Gasteiger partial charge in [-0.3, -0.25) is 4.90 Å². The van der Waals surface area contributed by atoms with Crippen LogP contribution in [0.4, 0.5) is 16.6 Å². The van der Waals surface area contributed by atoms with Crippen LogP contribution in [0.5, 0.6) is 0 Å². The van der Waals surface area contributed by atoms with Crippen LogP contribution in [0.2, 0.25) is 10.2 Å². The largest absolute Gasteiger partial charge is 0.447 e. The molecule has 9 nitrogen and oxygen atoms in total. The van der Waals surface area contributed by atoms with Crippen LogP contribution in [0.15, 0.2) is 34.9 Å². The molecule has 1 amide bonds. The zero-order valence-corrected chi connectivity index (χ0v) is 18.0. The molecular formula is C20H18Cl2N6O3. The van der Waals surface area contributed by atoms with Gasteiger partial charge >= 0.3 is 6.09 Å². The highest BCUT2D eigenvalue weighted by atomic mass is 35.5. The van der Waals surface area contributed by atoms with Crippen molar-refractivity contribution in [1.82, 2.24) is 20.1 Å². The molecule has 0 radical (unpaired) electrons. The highest BCUT2D eigenvalue weighted by Crippen LogP contribution is 2.40. The Bertz CT molecular complexity index is 1120. The van der Waals surface area contributed by atoms with Crippen LogP contribution in [0.3, 0.4) is 0 Å². The van der Waals surface area contributed by atoms with E-state index in [0.29, 0.717) is 35.1 Å². The Morgan fingerprint density at radius 2 is 1.94 bits per heavy atom. The number of hydrogen-bond acceptors (Lipinski definition) is 8. The number of anilines is 2. The number of hydrogen-bond donors (Lipinski definition) is 1. The zero-order chi connectivity index (χ0) is 21.5. The minimum atomic E-state index is -0.421. The van der Waals surface area contributed by atoms with Gasteiger partial charge in [0.05, 0.1) is 6.04 Å². The molecule has 0 bridgehead atoms. The third-order valence-electron chi connectivity index (χ3n) is 5.26. The van der Waals surface area contributed by atoms with Gasteiger partial charge in [0.25, 0.3) is 0 Å². The number of rotatable bonds is 6. The molecule has 1 aliphatic carbocycles. The second kappa shape index (κ2) is 7.97. The summed E-state index contributed by atoms with van der Waals surface area (Å²) in [5.41, 5.74) is 0.784. The quantitative estimate of drug-likeness (QED) is 0.525. The smallest absolute Gasteiger partial charge is 0.415 e. The van der Waals surface area contributed by atoms with Crippen molar-refractivity contribution in [2.24, 2.45) is 5.92 Å². The van der Waals surface area contributed by atoms with Crippen molar-refractivity contribution in [2.75, 3.05) is 16.8 Å². The standard InChI is InChI=1S/C20H18Cl2N6O3/c1-10(18-26-17(27-31-18)12-4-6-13(21)7-5-12)23-19-24-15(22)8-16(25-19)28-14(11-2-3-11)9-30-20(28)29/h4-8,10-11,14H,2-3,9H2,1H3,(H,23,24,25)/t10-,14+/m0/s1. The van der Waals surface area contributed by atoms with E-state index in [4.69, 9.17) is 32.5 Å². The monoisotopic (exact) mass is 460 g/mol. The minimum Gasteiger partial charge on any atom is -0.447 e. The van der Waals surface area contributed by atoms with Gasteiger partial charge in [-0.05, 0) is 49.9 Å². The van der Waals surface area contributed by atoms with E-state index in [1.165, 1.54) is 0 Å². The number of halogens is 2. The fourth-order valence-electron chi connectivity index (χ4n) is 3.50. The van der Waals surface area contributed by atoms with Gasteiger partial charge in [0.1, 0.15) is 23.6 Å². The second-order valence-corrected chi connectivity index (χ2v) is 8.38. The molecule has 3 heterocycles. The average molecular weight is 461 g/mol. The predicted molar refractivity (Wildman–Crippen MR) is 114 cm³/mol. The number of carbonyl (C=O) groups is 1. The summed E-state index contributed by atoms with van der Waals surface area (Å²) in [5.74, 6) is 1.88. The van der Waals surface area contributed by atoms with Gasteiger partial charge in [0.2, 0.25) is 17.7 Å². The molecule has 2 atom stereocenters. The van der Waals surface area contributed by atoms with E-state index in [2.05, 4.69) is 25.4 Å². The molecule has 0 spiro atoms. The van der Waals surface area contributed by atoms with Gasteiger partial charge in [0, 0.05) is 16.7 Å². The Kier molecular flexibility index (Phi) is 5.15. The van der Waals surface area contributed by atoms with Gasteiger partial charge in [-0.2, -0.15) is 9.97 Å². The van der Waals surface area contributed by atoms with E-state index in [1.807, 2.05) is 19.1 Å². The van der Waals surface area contributed by atoms with Crippen LogP contribution >= 0.6 is 23.2 Å². The summed E-state index contributed by atoms with van der Waals surface area (Å²) in [5, 5.41) is 7.96. The molecule has 1 saturated carbocycles. The fourth-order valence-corrected chi connectivity index (χ4v) is 3.81. The summed E-state index contributed by atoms with van der Waals surface area (Å²) in [4.78, 5) is 27.0. The summed E-state index contributed by atoms with van der Waals surface area (Å²) in [6.45, 7) is 2.19. The highest BCUT2D eigenvalue weighted by molar-refractivity contribution is 6.30. The van der Waals surface area contributed by atoms with Crippen LogP contribution in [-0.2, 0) is 4.74 Å². The summed E-state index contributed by atoms with van der Waals surface area (Å²) in [6.07, 6.45) is 1.73. The molecule has 2 fully saturated rings. The Labute approximate surface area is 187 Å². The molecule has 1 N–H and O–H groups in total. The van der Waals surface area contributed by atoms with E-state index >= 15 is 0 Å². The van der Waals surface area contributed by atoms with Crippen molar-refractivity contribution < 1.29 is 14.1 Å². The maximum absolute atomic E-state index is 12.3. The topological polar surface area (TPSA) is 106 Å². The molecule has 1 aromatic carbocycles. The van der Waals surface area contributed by atoms with Crippen LogP contribution in [0.1, 0.15) is 31.7 Å². The van der Waals surface area contributed by atoms with Crippen LogP contribution < -0.4 is 10.2 Å². The Morgan fingerprint density at radius 1 is 1.16 bits per heavy atom. The Hall–Kier alpha value is -2.91. The average Bonchev–Trinajstić information content (AvgIpc) is 3.32. The molecular weight excluding hydrogens is 443 g/mol. The predicted octanol–water partition coefficient (Wildman–Crippen LogP) is 4.74. The lowest BCUT2D eigenvalue weighted by Gasteiger charge is -2.21. The normalized spacial score (nSPS) is 19.4. The first-order valence-corrected chi connectivity index (χ1v) is 10.6. The van der Waals surface area contributed by atoms with Gasteiger partial charge in [0.15, 0.2) is 0 Å².